The van der Waals surface area contributed by atoms with E-state index >= 15 is 0 Å². The number of carbonyl (C=O) groups is 1. The third kappa shape index (κ3) is 5.10. The molecule has 2 N–H and O–H groups in total. The summed E-state index contributed by atoms with van der Waals surface area (Å²) in [5, 5.41) is 12.9. The summed E-state index contributed by atoms with van der Waals surface area (Å²) in [7, 11) is -3.82. The fourth-order valence-corrected chi connectivity index (χ4v) is 3.14. The molecule has 0 aliphatic rings. The minimum atomic E-state index is -3.82. The van der Waals surface area contributed by atoms with Crippen LogP contribution in [-0.2, 0) is 26.0 Å². The highest BCUT2D eigenvalue weighted by Gasteiger charge is 2.29. The van der Waals surface area contributed by atoms with Crippen molar-refractivity contribution in [1.29, 1.82) is 0 Å². The zero-order chi connectivity index (χ0) is 17.1. The summed E-state index contributed by atoms with van der Waals surface area (Å²) < 4.78 is 31.6. The molecule has 0 bridgehead atoms. The van der Waals surface area contributed by atoms with Gasteiger partial charge in [0.25, 0.3) is 0 Å². The van der Waals surface area contributed by atoms with Crippen molar-refractivity contribution in [3.63, 3.8) is 0 Å². The van der Waals surface area contributed by atoms with Crippen LogP contribution in [0.2, 0.25) is 0 Å². The molecule has 0 radical (unpaired) electrons. The van der Waals surface area contributed by atoms with E-state index in [1.54, 1.807) is 13.0 Å². The van der Waals surface area contributed by atoms with Crippen molar-refractivity contribution in [2.24, 2.45) is 5.92 Å². The van der Waals surface area contributed by atoms with Gasteiger partial charge in [0, 0.05) is 11.5 Å². The normalized spacial score (nSPS) is 15.5. The molecule has 0 spiro atoms. The maximum Gasteiger partial charge on any atom is 0.322 e. The molecule has 1 heterocycles. The van der Waals surface area contributed by atoms with Gasteiger partial charge in [-0.15, -0.1) is 0 Å². The average molecular weight is 332 g/mol. The summed E-state index contributed by atoms with van der Waals surface area (Å²) in [6.45, 7) is 9.27. The van der Waals surface area contributed by atoms with Crippen LogP contribution >= 0.6 is 0 Å². The van der Waals surface area contributed by atoms with Crippen LogP contribution in [0.25, 0.3) is 0 Å². The minimum Gasteiger partial charge on any atom is -0.480 e. The second-order valence-corrected chi connectivity index (χ2v) is 8.26. The molecule has 0 unspecified atom stereocenters. The molecule has 8 heteroatoms. The average Bonchev–Trinajstić information content (AvgIpc) is 2.82. The van der Waals surface area contributed by atoms with Crippen LogP contribution in [0.4, 0.5) is 0 Å². The molecule has 0 fully saturated rings. The number of hydrogen-bond acceptors (Lipinski definition) is 5. The largest absolute Gasteiger partial charge is 0.480 e. The van der Waals surface area contributed by atoms with Crippen molar-refractivity contribution >= 4 is 16.0 Å². The lowest BCUT2D eigenvalue weighted by atomic mass is 9.93. The summed E-state index contributed by atoms with van der Waals surface area (Å²) in [6, 6.07) is 0.433. The van der Waals surface area contributed by atoms with E-state index in [1.165, 1.54) is 0 Å². The lowest BCUT2D eigenvalue weighted by molar-refractivity contribution is -0.140. The van der Waals surface area contributed by atoms with Gasteiger partial charge in [-0.3, -0.25) is 4.79 Å². The molecule has 0 saturated heterocycles. The number of hydrogen-bond donors (Lipinski definition) is 2. The van der Waals surface area contributed by atoms with Gasteiger partial charge >= 0.3 is 5.97 Å². The molecule has 126 valence electrons. The molecular weight excluding hydrogens is 308 g/mol. The molecule has 0 amide bonds. The van der Waals surface area contributed by atoms with E-state index in [0.29, 0.717) is 12.2 Å². The molecule has 0 aromatic carbocycles. The number of aliphatic carboxylic acids is 1. The third-order valence-corrected chi connectivity index (χ3v) is 4.71. The summed E-state index contributed by atoms with van der Waals surface area (Å²) in [4.78, 5) is 11.2. The van der Waals surface area contributed by atoms with Crippen molar-refractivity contribution in [2.45, 2.75) is 58.2 Å². The Hall–Kier alpha value is -1.41. The van der Waals surface area contributed by atoms with Gasteiger partial charge in [-0.25, -0.2) is 13.1 Å². The Balaban J connectivity index is 2.87. The number of carboxylic acids is 1. The highest BCUT2D eigenvalue weighted by Crippen LogP contribution is 2.23. The number of nitrogens with zero attached hydrogens (tertiary/aromatic N) is 1. The van der Waals surface area contributed by atoms with Crippen LogP contribution in [0, 0.1) is 5.92 Å². The van der Waals surface area contributed by atoms with E-state index in [9.17, 15) is 13.2 Å². The van der Waals surface area contributed by atoms with Gasteiger partial charge in [0.1, 0.15) is 23.2 Å². The second kappa shape index (κ2) is 6.78. The van der Waals surface area contributed by atoms with Crippen molar-refractivity contribution in [1.82, 2.24) is 9.88 Å². The molecule has 0 aliphatic heterocycles. The van der Waals surface area contributed by atoms with E-state index in [2.05, 4.69) is 9.88 Å². The zero-order valence-corrected chi connectivity index (χ0v) is 14.4. The lowest BCUT2D eigenvalue weighted by Crippen LogP contribution is -2.45. The highest BCUT2D eigenvalue weighted by atomic mass is 32.2. The smallest absolute Gasteiger partial charge is 0.322 e. The quantitative estimate of drug-likeness (QED) is 0.789. The molecule has 0 saturated carbocycles. The molecule has 1 aromatic heterocycles. The molecule has 22 heavy (non-hydrogen) atoms. The summed E-state index contributed by atoms with van der Waals surface area (Å²) in [6.07, 6.45) is 0.553. The van der Waals surface area contributed by atoms with Crippen LogP contribution in [0.15, 0.2) is 10.6 Å². The Morgan fingerprint density at radius 2 is 2.05 bits per heavy atom. The van der Waals surface area contributed by atoms with Gasteiger partial charge in [0.2, 0.25) is 10.0 Å². The first-order chi connectivity index (χ1) is 9.96. The van der Waals surface area contributed by atoms with Crippen LogP contribution in [0.5, 0.6) is 0 Å². The van der Waals surface area contributed by atoms with E-state index in [0.717, 1.165) is 0 Å². The topological polar surface area (TPSA) is 110 Å². The fourth-order valence-electron chi connectivity index (χ4n) is 1.81. The van der Waals surface area contributed by atoms with E-state index in [4.69, 9.17) is 9.63 Å². The first-order valence-corrected chi connectivity index (χ1v) is 8.80. The Morgan fingerprint density at radius 1 is 1.45 bits per heavy atom. The van der Waals surface area contributed by atoms with Gasteiger partial charge < -0.3 is 9.63 Å². The summed E-state index contributed by atoms with van der Waals surface area (Å²) in [5.74, 6) is -1.33. The van der Waals surface area contributed by atoms with Crippen molar-refractivity contribution in [3.8, 4) is 0 Å². The number of carboxylic acid groups (broad SMARTS) is 1. The maximum atomic E-state index is 12.1. The number of sulfonamides is 1. The Labute approximate surface area is 131 Å². The van der Waals surface area contributed by atoms with Crippen LogP contribution in [0.1, 0.15) is 52.5 Å². The Morgan fingerprint density at radius 3 is 2.45 bits per heavy atom. The molecule has 0 aliphatic carbocycles. The first kappa shape index (κ1) is 18.6. The first-order valence-electron chi connectivity index (χ1n) is 7.15. The molecule has 7 nitrogen and oxygen atoms in total. The van der Waals surface area contributed by atoms with E-state index in [1.807, 2.05) is 27.7 Å². The number of rotatable bonds is 7. The van der Waals surface area contributed by atoms with Crippen molar-refractivity contribution < 1.29 is 22.8 Å². The van der Waals surface area contributed by atoms with Crippen molar-refractivity contribution in [3.05, 3.63) is 17.5 Å². The standard InChI is InChI=1S/C14H24N2O5S/c1-6-9(2)12(13(17)18)16-22(19,20)8-10-7-11(21-15-10)14(3,4)5/h7,9,12,16H,6,8H2,1-5H3,(H,17,18)/t9-,12-/m0/s1. The molecule has 1 aromatic rings. The number of nitrogens with one attached hydrogen (secondary N) is 1. The van der Waals surface area contributed by atoms with Gasteiger partial charge in [0.05, 0.1) is 0 Å². The van der Waals surface area contributed by atoms with E-state index < -0.39 is 27.8 Å². The predicted molar refractivity (Wildman–Crippen MR) is 81.8 cm³/mol. The Kier molecular flexibility index (Phi) is 5.75. The van der Waals surface area contributed by atoms with Crippen LogP contribution in [-0.4, -0.2) is 30.7 Å². The van der Waals surface area contributed by atoms with Crippen LogP contribution in [0.3, 0.4) is 0 Å². The maximum absolute atomic E-state index is 12.1. The zero-order valence-electron chi connectivity index (χ0n) is 13.6. The third-order valence-electron chi connectivity index (χ3n) is 3.42. The number of aromatic nitrogens is 1. The fraction of sp³-hybridized carbons (Fsp3) is 0.714. The summed E-state index contributed by atoms with van der Waals surface area (Å²) in [5.41, 5.74) is -0.0197. The van der Waals surface area contributed by atoms with Crippen molar-refractivity contribution in [2.75, 3.05) is 0 Å². The predicted octanol–water partition coefficient (Wildman–Crippen LogP) is 1.89. The molecular formula is C14H24N2O5S. The van der Waals surface area contributed by atoms with Gasteiger partial charge in [-0.05, 0) is 5.92 Å². The second-order valence-electron chi connectivity index (χ2n) is 6.51. The van der Waals surface area contributed by atoms with Gasteiger partial charge in [-0.1, -0.05) is 46.2 Å². The minimum absolute atomic E-state index is 0.255. The highest BCUT2D eigenvalue weighted by molar-refractivity contribution is 7.88. The molecule has 2 atom stereocenters. The SMILES string of the molecule is CC[C@H](C)[C@H](NS(=O)(=O)Cc1cc(C(C)(C)C)on1)C(=O)O. The monoisotopic (exact) mass is 332 g/mol. The summed E-state index contributed by atoms with van der Waals surface area (Å²) >= 11 is 0. The Bertz CT molecular complexity index is 615. The lowest BCUT2D eigenvalue weighted by Gasteiger charge is -2.19. The molecule has 1 rings (SSSR count). The van der Waals surface area contributed by atoms with Crippen LogP contribution < -0.4 is 4.72 Å². The van der Waals surface area contributed by atoms with Gasteiger partial charge in [-0.2, -0.15) is 0 Å². The van der Waals surface area contributed by atoms with Gasteiger partial charge in [0.15, 0.2) is 0 Å². The van der Waals surface area contributed by atoms with E-state index in [-0.39, 0.29) is 17.0 Å².